The van der Waals surface area contributed by atoms with Crippen LogP contribution < -0.4 is 5.32 Å². The summed E-state index contributed by atoms with van der Waals surface area (Å²) < 4.78 is 4.83. The molecule has 3 nitrogen and oxygen atoms in total. The minimum Gasteiger partial charge on any atom is -0.445 e. The lowest BCUT2D eigenvalue weighted by atomic mass is 10.2. The Hall–Kier alpha value is -1.81. The molecule has 1 aliphatic carbocycles. The summed E-state index contributed by atoms with van der Waals surface area (Å²) >= 11 is 1.81. The van der Waals surface area contributed by atoms with Crippen molar-refractivity contribution in [3.63, 3.8) is 0 Å². The molecule has 0 unspecified atom stereocenters. The van der Waals surface area contributed by atoms with Gasteiger partial charge in [-0.25, -0.2) is 4.79 Å². The van der Waals surface area contributed by atoms with E-state index in [4.69, 9.17) is 4.74 Å². The predicted octanol–water partition coefficient (Wildman–Crippen LogP) is 4.17. The van der Waals surface area contributed by atoms with Crippen LogP contribution in [0.1, 0.15) is 29.9 Å². The fourth-order valence-electron chi connectivity index (χ4n) is 1.72. The first-order valence-corrected chi connectivity index (χ1v) is 7.64. The number of rotatable bonds is 3. The topological polar surface area (TPSA) is 38.3 Å². The van der Waals surface area contributed by atoms with Crippen molar-refractivity contribution in [2.24, 2.45) is 0 Å². The highest BCUT2D eigenvalue weighted by atomic mass is 32.1. The molecule has 0 saturated heterocycles. The monoisotopic (exact) mass is 289 g/mol. The van der Waals surface area contributed by atoms with Crippen molar-refractivity contribution >= 4 is 17.4 Å². The molecule has 1 saturated carbocycles. The standard InChI is InChI=1S/C9H11NO2.C7H8S/c1-10-9(11)12-7-8-5-3-2-4-6-8;1-2-6(1)7-3-4-8-5-7/h2-6H,7H2,1H3,(H,10,11);3-6H,1-2H2. The van der Waals surface area contributed by atoms with Crippen LogP contribution in [0.25, 0.3) is 0 Å². The molecule has 4 heteroatoms. The minimum atomic E-state index is -0.404. The van der Waals surface area contributed by atoms with Gasteiger partial charge in [0, 0.05) is 7.05 Å². The van der Waals surface area contributed by atoms with Gasteiger partial charge in [0.2, 0.25) is 0 Å². The molecule has 1 heterocycles. The van der Waals surface area contributed by atoms with E-state index in [2.05, 4.69) is 22.1 Å². The van der Waals surface area contributed by atoms with Crippen molar-refractivity contribution < 1.29 is 9.53 Å². The van der Waals surface area contributed by atoms with Crippen molar-refractivity contribution in [1.29, 1.82) is 0 Å². The summed E-state index contributed by atoms with van der Waals surface area (Å²) in [4.78, 5) is 10.7. The van der Waals surface area contributed by atoms with E-state index in [-0.39, 0.29) is 0 Å². The van der Waals surface area contributed by atoms with Crippen LogP contribution in [-0.2, 0) is 11.3 Å². The van der Waals surface area contributed by atoms with Gasteiger partial charge in [0.25, 0.3) is 0 Å². The number of carbonyl (C=O) groups excluding carboxylic acids is 1. The molecule has 0 bridgehead atoms. The number of ether oxygens (including phenoxy) is 1. The summed E-state index contributed by atoms with van der Waals surface area (Å²) in [5, 5.41) is 6.80. The fraction of sp³-hybridized carbons (Fsp3) is 0.312. The van der Waals surface area contributed by atoms with Gasteiger partial charge in [-0.3, -0.25) is 0 Å². The first-order valence-electron chi connectivity index (χ1n) is 6.70. The van der Waals surface area contributed by atoms with E-state index in [0.717, 1.165) is 11.5 Å². The van der Waals surface area contributed by atoms with Crippen LogP contribution in [0.15, 0.2) is 47.2 Å². The highest BCUT2D eigenvalue weighted by Gasteiger charge is 2.22. The van der Waals surface area contributed by atoms with Crippen molar-refractivity contribution in [1.82, 2.24) is 5.32 Å². The van der Waals surface area contributed by atoms with Gasteiger partial charge in [-0.15, -0.1) is 0 Å². The molecule has 0 aliphatic heterocycles. The second kappa shape index (κ2) is 7.70. The molecule has 1 aliphatic rings. The summed E-state index contributed by atoms with van der Waals surface area (Å²) in [5.74, 6) is 0.946. The molecule has 1 N–H and O–H groups in total. The lowest BCUT2D eigenvalue weighted by Crippen LogP contribution is -2.18. The zero-order valence-electron chi connectivity index (χ0n) is 11.5. The molecule has 1 amide bonds. The van der Waals surface area contributed by atoms with Gasteiger partial charge in [-0.05, 0) is 46.7 Å². The van der Waals surface area contributed by atoms with Crippen molar-refractivity contribution in [2.45, 2.75) is 25.4 Å². The van der Waals surface area contributed by atoms with Gasteiger partial charge in [-0.2, -0.15) is 11.3 Å². The molecule has 0 radical (unpaired) electrons. The van der Waals surface area contributed by atoms with Gasteiger partial charge >= 0.3 is 6.09 Å². The summed E-state index contributed by atoms with van der Waals surface area (Å²) in [7, 11) is 1.54. The quantitative estimate of drug-likeness (QED) is 0.921. The Morgan fingerprint density at radius 1 is 1.30 bits per heavy atom. The van der Waals surface area contributed by atoms with Gasteiger partial charge in [0.15, 0.2) is 0 Å². The maximum Gasteiger partial charge on any atom is 0.407 e. The molecular weight excluding hydrogens is 270 g/mol. The van der Waals surface area contributed by atoms with Crippen LogP contribution in [-0.4, -0.2) is 13.1 Å². The van der Waals surface area contributed by atoms with E-state index in [0.29, 0.717) is 6.61 Å². The number of benzene rings is 1. The number of carbonyl (C=O) groups is 1. The lowest BCUT2D eigenvalue weighted by molar-refractivity contribution is 0.142. The molecule has 3 rings (SSSR count). The maximum absolute atomic E-state index is 10.7. The van der Waals surface area contributed by atoms with Crippen molar-refractivity contribution in [3.05, 3.63) is 58.3 Å². The molecule has 0 atom stereocenters. The predicted molar refractivity (Wildman–Crippen MR) is 82.0 cm³/mol. The number of alkyl carbamates (subject to hydrolysis) is 1. The van der Waals surface area contributed by atoms with Crippen LogP contribution in [0.3, 0.4) is 0 Å². The normalized spacial score (nSPS) is 13.1. The SMILES string of the molecule is CNC(=O)OCc1ccccc1.c1cc(C2CC2)cs1. The zero-order valence-corrected chi connectivity index (χ0v) is 12.4. The van der Waals surface area contributed by atoms with Gasteiger partial charge in [0.05, 0.1) is 0 Å². The van der Waals surface area contributed by atoms with E-state index in [1.54, 1.807) is 5.56 Å². The second-order valence-corrected chi connectivity index (χ2v) is 5.42. The minimum absolute atomic E-state index is 0.320. The highest BCUT2D eigenvalue weighted by Crippen LogP contribution is 2.40. The largest absolute Gasteiger partial charge is 0.445 e. The van der Waals surface area contributed by atoms with E-state index in [1.165, 1.54) is 19.9 Å². The summed E-state index contributed by atoms with van der Waals surface area (Å²) in [5.41, 5.74) is 2.55. The molecule has 1 aromatic heterocycles. The van der Waals surface area contributed by atoms with E-state index in [1.807, 2.05) is 41.7 Å². The van der Waals surface area contributed by atoms with Gasteiger partial charge < -0.3 is 10.1 Å². The summed E-state index contributed by atoms with van der Waals surface area (Å²) in [6.07, 6.45) is 2.45. The molecule has 20 heavy (non-hydrogen) atoms. The second-order valence-electron chi connectivity index (χ2n) is 4.64. The fourth-order valence-corrected chi connectivity index (χ4v) is 2.46. The van der Waals surface area contributed by atoms with E-state index in [9.17, 15) is 4.79 Å². The van der Waals surface area contributed by atoms with Crippen LogP contribution in [0, 0.1) is 0 Å². The molecule has 1 fully saturated rings. The third-order valence-electron chi connectivity index (χ3n) is 3.01. The lowest BCUT2D eigenvalue weighted by Gasteiger charge is -2.02. The van der Waals surface area contributed by atoms with Gasteiger partial charge in [0.1, 0.15) is 6.61 Å². The van der Waals surface area contributed by atoms with Crippen LogP contribution in [0.2, 0.25) is 0 Å². The summed E-state index contributed by atoms with van der Waals surface area (Å²) in [6, 6.07) is 11.8. The number of hydrogen-bond acceptors (Lipinski definition) is 3. The molecular formula is C16H19NO2S. The Balaban J connectivity index is 0.000000157. The third kappa shape index (κ3) is 5.05. The average Bonchev–Trinajstić information content (AvgIpc) is 3.21. The summed E-state index contributed by atoms with van der Waals surface area (Å²) in [6.45, 7) is 0.320. The Labute approximate surface area is 123 Å². The molecule has 106 valence electrons. The van der Waals surface area contributed by atoms with Crippen molar-refractivity contribution in [3.8, 4) is 0 Å². The Morgan fingerprint density at radius 2 is 2.05 bits per heavy atom. The Kier molecular flexibility index (Phi) is 5.62. The highest BCUT2D eigenvalue weighted by molar-refractivity contribution is 7.08. The molecule has 0 spiro atoms. The maximum atomic E-state index is 10.7. The van der Waals surface area contributed by atoms with Crippen LogP contribution in [0.5, 0.6) is 0 Å². The van der Waals surface area contributed by atoms with Crippen LogP contribution in [0.4, 0.5) is 4.79 Å². The number of amides is 1. The Morgan fingerprint density at radius 3 is 2.60 bits per heavy atom. The number of hydrogen-bond donors (Lipinski definition) is 1. The molecule has 2 aromatic rings. The van der Waals surface area contributed by atoms with E-state index < -0.39 is 6.09 Å². The Bertz CT molecular complexity index is 507. The first-order chi connectivity index (χ1) is 9.79. The van der Waals surface area contributed by atoms with Gasteiger partial charge in [-0.1, -0.05) is 30.3 Å². The van der Waals surface area contributed by atoms with Crippen LogP contribution >= 0.6 is 11.3 Å². The van der Waals surface area contributed by atoms with Crippen molar-refractivity contribution in [2.75, 3.05) is 7.05 Å². The first kappa shape index (κ1) is 14.6. The average molecular weight is 289 g/mol. The smallest absolute Gasteiger partial charge is 0.407 e. The number of nitrogens with one attached hydrogen (secondary N) is 1. The third-order valence-corrected chi connectivity index (χ3v) is 3.71. The molecule has 1 aromatic carbocycles. The zero-order chi connectivity index (χ0) is 14.2. The van der Waals surface area contributed by atoms with E-state index >= 15 is 0 Å². The number of thiophene rings is 1.